The number of benzene rings is 2. The zero-order valence-electron chi connectivity index (χ0n) is 13.4. The van der Waals surface area contributed by atoms with Crippen LogP contribution in [0.2, 0.25) is 0 Å². The third kappa shape index (κ3) is 3.81. The second-order valence-electron chi connectivity index (χ2n) is 5.63. The largest absolute Gasteiger partial charge is 0.378 e. The van der Waals surface area contributed by atoms with Crippen LogP contribution in [0.5, 0.6) is 0 Å². The summed E-state index contributed by atoms with van der Waals surface area (Å²) in [6.45, 7) is 1.85. The minimum atomic E-state index is -0.588. The lowest BCUT2D eigenvalue weighted by Crippen LogP contribution is -2.48. The SMILES string of the molecule is O=C(NC(c1ccccc1)c1ccccc1)C(=O)N1CCOCC1. The first kappa shape index (κ1) is 16.2. The van der Waals surface area contributed by atoms with Gasteiger partial charge in [-0.25, -0.2) is 0 Å². The Hall–Kier alpha value is -2.66. The zero-order valence-corrected chi connectivity index (χ0v) is 13.4. The predicted molar refractivity (Wildman–Crippen MR) is 90.3 cm³/mol. The van der Waals surface area contributed by atoms with Crippen LogP contribution >= 0.6 is 0 Å². The number of rotatable bonds is 3. The van der Waals surface area contributed by atoms with Crippen LogP contribution in [0, 0.1) is 0 Å². The van der Waals surface area contributed by atoms with Crippen LogP contribution in [0.25, 0.3) is 0 Å². The summed E-state index contributed by atoms with van der Waals surface area (Å²) >= 11 is 0. The zero-order chi connectivity index (χ0) is 16.8. The smallest absolute Gasteiger partial charge is 0.312 e. The van der Waals surface area contributed by atoms with Gasteiger partial charge in [-0.2, -0.15) is 0 Å². The van der Waals surface area contributed by atoms with Crippen molar-refractivity contribution in [2.45, 2.75) is 6.04 Å². The average molecular weight is 324 g/mol. The summed E-state index contributed by atoms with van der Waals surface area (Å²) in [5.74, 6) is -1.09. The van der Waals surface area contributed by atoms with Gasteiger partial charge in [0.05, 0.1) is 19.3 Å². The van der Waals surface area contributed by atoms with Gasteiger partial charge in [0.25, 0.3) is 0 Å². The van der Waals surface area contributed by atoms with Gasteiger partial charge in [-0.05, 0) is 11.1 Å². The van der Waals surface area contributed by atoms with Gasteiger partial charge in [0.2, 0.25) is 0 Å². The molecule has 1 aliphatic rings. The minimum absolute atomic E-state index is 0.357. The van der Waals surface area contributed by atoms with Crippen molar-refractivity contribution >= 4 is 11.8 Å². The molecular weight excluding hydrogens is 304 g/mol. The molecule has 5 heteroatoms. The molecule has 1 N–H and O–H groups in total. The molecule has 1 saturated heterocycles. The molecule has 0 unspecified atom stereocenters. The van der Waals surface area contributed by atoms with Gasteiger partial charge in [-0.1, -0.05) is 60.7 Å². The molecule has 3 rings (SSSR count). The van der Waals surface area contributed by atoms with Crippen LogP contribution in [-0.2, 0) is 14.3 Å². The van der Waals surface area contributed by atoms with Gasteiger partial charge in [0.1, 0.15) is 0 Å². The lowest BCUT2D eigenvalue weighted by molar-refractivity contribution is -0.148. The van der Waals surface area contributed by atoms with Crippen molar-refractivity contribution in [1.29, 1.82) is 0 Å². The summed E-state index contributed by atoms with van der Waals surface area (Å²) < 4.78 is 5.22. The van der Waals surface area contributed by atoms with Gasteiger partial charge in [-0.15, -0.1) is 0 Å². The number of nitrogens with one attached hydrogen (secondary N) is 1. The quantitative estimate of drug-likeness (QED) is 0.875. The van der Waals surface area contributed by atoms with Crippen molar-refractivity contribution in [3.05, 3.63) is 71.8 Å². The van der Waals surface area contributed by atoms with Crippen molar-refractivity contribution in [2.24, 2.45) is 0 Å². The molecule has 124 valence electrons. The van der Waals surface area contributed by atoms with Crippen LogP contribution in [0.4, 0.5) is 0 Å². The van der Waals surface area contributed by atoms with Crippen LogP contribution in [0.1, 0.15) is 17.2 Å². The van der Waals surface area contributed by atoms with Gasteiger partial charge in [0, 0.05) is 13.1 Å². The average Bonchev–Trinajstić information content (AvgIpc) is 2.67. The summed E-state index contributed by atoms with van der Waals surface area (Å²) in [7, 11) is 0. The first-order valence-electron chi connectivity index (χ1n) is 8.03. The summed E-state index contributed by atoms with van der Waals surface area (Å²) in [5.41, 5.74) is 1.87. The molecule has 0 radical (unpaired) electrons. The van der Waals surface area contributed by atoms with E-state index in [2.05, 4.69) is 5.32 Å². The number of carbonyl (C=O) groups is 2. The Morgan fingerprint density at radius 3 is 1.88 bits per heavy atom. The highest BCUT2D eigenvalue weighted by Gasteiger charge is 2.26. The summed E-state index contributed by atoms with van der Waals surface area (Å²) in [6, 6.07) is 18.9. The van der Waals surface area contributed by atoms with E-state index in [1.165, 1.54) is 4.90 Å². The van der Waals surface area contributed by atoms with Crippen LogP contribution in [0.3, 0.4) is 0 Å². The maximum Gasteiger partial charge on any atom is 0.312 e. The maximum atomic E-state index is 12.5. The summed E-state index contributed by atoms with van der Waals surface area (Å²) in [6.07, 6.45) is 0. The third-order valence-corrected chi connectivity index (χ3v) is 4.03. The second kappa shape index (κ2) is 7.75. The molecule has 2 aromatic rings. The Morgan fingerprint density at radius 1 is 0.875 bits per heavy atom. The highest BCUT2D eigenvalue weighted by Crippen LogP contribution is 2.21. The molecule has 1 aliphatic heterocycles. The normalized spacial score (nSPS) is 14.5. The number of carbonyl (C=O) groups excluding carboxylic acids is 2. The fourth-order valence-corrected chi connectivity index (χ4v) is 2.75. The topological polar surface area (TPSA) is 58.6 Å². The molecule has 1 fully saturated rings. The second-order valence-corrected chi connectivity index (χ2v) is 5.63. The minimum Gasteiger partial charge on any atom is -0.378 e. The van der Waals surface area contributed by atoms with Gasteiger partial charge in [0.15, 0.2) is 0 Å². The lowest BCUT2D eigenvalue weighted by Gasteiger charge is -2.27. The molecule has 2 aromatic carbocycles. The Morgan fingerprint density at radius 2 is 1.38 bits per heavy atom. The molecule has 0 aliphatic carbocycles. The van der Waals surface area contributed by atoms with E-state index in [9.17, 15) is 9.59 Å². The molecular formula is C19H20N2O3. The van der Waals surface area contributed by atoms with E-state index in [-0.39, 0.29) is 6.04 Å². The first-order chi connectivity index (χ1) is 11.8. The molecule has 0 spiro atoms. The van der Waals surface area contributed by atoms with E-state index in [0.717, 1.165) is 11.1 Å². The molecule has 5 nitrogen and oxygen atoms in total. The Bertz CT molecular complexity index is 643. The van der Waals surface area contributed by atoms with E-state index < -0.39 is 11.8 Å². The number of amides is 2. The third-order valence-electron chi connectivity index (χ3n) is 4.03. The van der Waals surface area contributed by atoms with Gasteiger partial charge in [-0.3, -0.25) is 9.59 Å². The van der Waals surface area contributed by atoms with E-state index >= 15 is 0 Å². The Labute approximate surface area is 141 Å². The molecule has 0 atom stereocenters. The van der Waals surface area contributed by atoms with Gasteiger partial charge < -0.3 is 15.0 Å². The fraction of sp³-hybridized carbons (Fsp3) is 0.263. The Kier molecular flexibility index (Phi) is 5.23. The molecule has 24 heavy (non-hydrogen) atoms. The molecule has 2 amide bonds. The molecule has 0 saturated carbocycles. The lowest BCUT2D eigenvalue weighted by atomic mass is 9.98. The van der Waals surface area contributed by atoms with Crippen molar-refractivity contribution in [3.8, 4) is 0 Å². The van der Waals surface area contributed by atoms with Crippen molar-refractivity contribution < 1.29 is 14.3 Å². The number of ether oxygens (including phenoxy) is 1. The highest BCUT2D eigenvalue weighted by molar-refractivity contribution is 6.35. The number of nitrogens with zero attached hydrogens (tertiary/aromatic N) is 1. The number of hydrogen-bond acceptors (Lipinski definition) is 3. The van der Waals surface area contributed by atoms with Gasteiger partial charge >= 0.3 is 11.8 Å². The molecule has 0 aromatic heterocycles. The van der Waals surface area contributed by atoms with E-state index in [0.29, 0.717) is 26.3 Å². The number of morpholine rings is 1. The summed E-state index contributed by atoms with van der Waals surface area (Å²) in [4.78, 5) is 26.3. The summed E-state index contributed by atoms with van der Waals surface area (Å²) in [5, 5.41) is 2.88. The number of hydrogen-bond donors (Lipinski definition) is 1. The van der Waals surface area contributed by atoms with E-state index in [1.807, 2.05) is 60.7 Å². The fourth-order valence-electron chi connectivity index (χ4n) is 2.75. The van der Waals surface area contributed by atoms with E-state index in [4.69, 9.17) is 4.74 Å². The highest BCUT2D eigenvalue weighted by atomic mass is 16.5. The maximum absolute atomic E-state index is 12.5. The predicted octanol–water partition coefficient (Wildman–Crippen LogP) is 1.75. The van der Waals surface area contributed by atoms with Crippen LogP contribution in [-0.4, -0.2) is 43.0 Å². The van der Waals surface area contributed by atoms with Crippen LogP contribution < -0.4 is 5.32 Å². The molecule has 0 bridgehead atoms. The van der Waals surface area contributed by atoms with Crippen molar-refractivity contribution in [2.75, 3.05) is 26.3 Å². The monoisotopic (exact) mass is 324 g/mol. The molecule has 1 heterocycles. The van der Waals surface area contributed by atoms with Crippen LogP contribution in [0.15, 0.2) is 60.7 Å². The van der Waals surface area contributed by atoms with E-state index in [1.54, 1.807) is 0 Å². The Balaban J connectivity index is 1.79. The van der Waals surface area contributed by atoms with Crippen molar-refractivity contribution in [3.63, 3.8) is 0 Å². The standard InChI is InChI=1S/C19H20N2O3/c22-18(19(23)21-11-13-24-14-12-21)20-17(15-7-3-1-4-8-15)16-9-5-2-6-10-16/h1-10,17H,11-14H2,(H,20,22). The first-order valence-corrected chi connectivity index (χ1v) is 8.03. The van der Waals surface area contributed by atoms with Crippen molar-refractivity contribution in [1.82, 2.24) is 10.2 Å².